The molecule has 0 saturated heterocycles. The predicted molar refractivity (Wildman–Crippen MR) is 90.1 cm³/mol. The Labute approximate surface area is 142 Å². The average molecular weight is 345 g/mol. The Bertz CT molecular complexity index is 956. The Kier molecular flexibility index (Phi) is 4.61. The van der Waals surface area contributed by atoms with Crippen molar-refractivity contribution in [2.24, 2.45) is 0 Å². The van der Waals surface area contributed by atoms with Gasteiger partial charge in [0, 0.05) is 5.39 Å². The molecule has 3 aromatic rings. The monoisotopic (exact) mass is 345 g/mol. The standard InChI is InChI=1S/C19H14F3NO2/c1-24-14-10-12-13(9-8-11-6-4-3-5-7-11)23-19(22)17(21)15(12)16(20)18(14)25-2/h3-10H,1-2H3. The highest BCUT2D eigenvalue weighted by Gasteiger charge is 2.22. The van der Waals surface area contributed by atoms with Crippen LogP contribution in [0, 0.1) is 17.6 Å². The molecule has 1 heterocycles. The van der Waals surface area contributed by atoms with Gasteiger partial charge in [0.2, 0.25) is 5.95 Å². The number of rotatable bonds is 4. The second kappa shape index (κ2) is 6.84. The Balaban J connectivity index is 2.27. The minimum Gasteiger partial charge on any atom is -0.493 e. The number of benzene rings is 2. The van der Waals surface area contributed by atoms with E-state index >= 15 is 0 Å². The van der Waals surface area contributed by atoms with Gasteiger partial charge in [-0.05, 0) is 17.7 Å². The highest BCUT2D eigenvalue weighted by atomic mass is 19.2. The molecule has 0 aliphatic carbocycles. The van der Waals surface area contributed by atoms with Crippen LogP contribution in [0.4, 0.5) is 13.2 Å². The third-order valence-corrected chi connectivity index (χ3v) is 3.74. The molecule has 128 valence electrons. The van der Waals surface area contributed by atoms with Gasteiger partial charge in [-0.25, -0.2) is 13.8 Å². The number of aromatic nitrogens is 1. The fourth-order valence-electron chi connectivity index (χ4n) is 2.55. The second-order valence-corrected chi connectivity index (χ2v) is 5.19. The van der Waals surface area contributed by atoms with Gasteiger partial charge >= 0.3 is 0 Å². The summed E-state index contributed by atoms with van der Waals surface area (Å²) in [6.07, 6.45) is 3.17. The molecule has 0 amide bonds. The Hall–Kier alpha value is -3.02. The van der Waals surface area contributed by atoms with Gasteiger partial charge in [0.15, 0.2) is 23.1 Å². The molecule has 0 saturated carbocycles. The van der Waals surface area contributed by atoms with Gasteiger partial charge < -0.3 is 9.47 Å². The summed E-state index contributed by atoms with van der Waals surface area (Å²) < 4.78 is 52.7. The van der Waals surface area contributed by atoms with Crippen LogP contribution in [0.15, 0.2) is 36.4 Å². The molecule has 2 aromatic carbocycles. The quantitative estimate of drug-likeness (QED) is 0.634. The topological polar surface area (TPSA) is 31.4 Å². The zero-order valence-electron chi connectivity index (χ0n) is 13.5. The first-order valence-electron chi connectivity index (χ1n) is 7.39. The van der Waals surface area contributed by atoms with Crippen LogP contribution in [0.5, 0.6) is 11.5 Å². The summed E-state index contributed by atoms with van der Waals surface area (Å²) in [5.41, 5.74) is 0.917. The highest BCUT2D eigenvalue weighted by molar-refractivity contribution is 5.94. The summed E-state index contributed by atoms with van der Waals surface area (Å²) in [6, 6.07) is 10.6. The molecule has 3 rings (SSSR count). The smallest absolute Gasteiger partial charge is 0.250 e. The average Bonchev–Trinajstić information content (AvgIpc) is 2.63. The van der Waals surface area contributed by atoms with E-state index in [-0.39, 0.29) is 22.6 Å². The summed E-state index contributed by atoms with van der Waals surface area (Å²) in [7, 11) is 2.55. The molecule has 0 fully saturated rings. The van der Waals surface area contributed by atoms with E-state index in [1.807, 2.05) is 30.3 Å². The molecule has 0 aliphatic rings. The number of ether oxygens (including phenoxy) is 2. The van der Waals surface area contributed by atoms with Gasteiger partial charge in [0.05, 0.1) is 25.3 Å². The maximum atomic E-state index is 14.6. The number of halogens is 3. The third-order valence-electron chi connectivity index (χ3n) is 3.74. The summed E-state index contributed by atoms with van der Waals surface area (Å²) in [5.74, 6) is -4.02. The van der Waals surface area contributed by atoms with Crippen molar-refractivity contribution in [3.05, 3.63) is 65.2 Å². The molecule has 0 N–H and O–H groups in total. The van der Waals surface area contributed by atoms with Crippen LogP contribution < -0.4 is 9.47 Å². The molecule has 6 heteroatoms. The lowest BCUT2D eigenvalue weighted by Crippen LogP contribution is -2.01. The van der Waals surface area contributed by atoms with Crippen LogP contribution in [0.1, 0.15) is 11.3 Å². The molecule has 0 bridgehead atoms. The van der Waals surface area contributed by atoms with Crippen molar-refractivity contribution < 1.29 is 22.6 Å². The normalized spacial score (nSPS) is 11.2. The molecule has 3 nitrogen and oxygen atoms in total. The minimum absolute atomic E-state index is 0.0645. The highest BCUT2D eigenvalue weighted by Crippen LogP contribution is 2.38. The largest absolute Gasteiger partial charge is 0.493 e. The number of nitrogens with zero attached hydrogens (tertiary/aromatic N) is 1. The van der Waals surface area contributed by atoms with E-state index in [1.165, 1.54) is 26.4 Å². The van der Waals surface area contributed by atoms with Gasteiger partial charge in [-0.15, -0.1) is 0 Å². The number of hydrogen-bond acceptors (Lipinski definition) is 3. The molecule has 0 aliphatic heterocycles. The number of fused-ring (bicyclic) bond motifs is 1. The molecular formula is C19H14F3NO2. The van der Waals surface area contributed by atoms with Crippen LogP contribution >= 0.6 is 0 Å². The molecule has 25 heavy (non-hydrogen) atoms. The fourth-order valence-corrected chi connectivity index (χ4v) is 2.55. The summed E-state index contributed by atoms with van der Waals surface area (Å²) >= 11 is 0. The Morgan fingerprint density at radius 2 is 1.64 bits per heavy atom. The van der Waals surface area contributed by atoms with Crippen molar-refractivity contribution in [1.82, 2.24) is 4.98 Å². The SMILES string of the molecule is COc1cc2c(C=Cc3ccccc3)nc(F)c(F)c2c(F)c1OC. The van der Waals surface area contributed by atoms with Crippen molar-refractivity contribution in [3.63, 3.8) is 0 Å². The van der Waals surface area contributed by atoms with E-state index < -0.39 is 23.0 Å². The maximum absolute atomic E-state index is 14.6. The first kappa shape index (κ1) is 16.8. The lowest BCUT2D eigenvalue weighted by Gasteiger charge is -2.13. The maximum Gasteiger partial charge on any atom is 0.250 e. The molecular weight excluding hydrogens is 331 g/mol. The Morgan fingerprint density at radius 3 is 2.28 bits per heavy atom. The lowest BCUT2D eigenvalue weighted by molar-refractivity contribution is 0.339. The van der Waals surface area contributed by atoms with E-state index in [0.29, 0.717) is 0 Å². The van der Waals surface area contributed by atoms with E-state index in [1.54, 1.807) is 6.08 Å². The van der Waals surface area contributed by atoms with E-state index in [9.17, 15) is 13.2 Å². The van der Waals surface area contributed by atoms with Crippen molar-refractivity contribution in [3.8, 4) is 11.5 Å². The number of pyridine rings is 1. The Morgan fingerprint density at radius 1 is 0.920 bits per heavy atom. The van der Waals surface area contributed by atoms with Crippen LogP contribution in [-0.2, 0) is 0 Å². The zero-order valence-corrected chi connectivity index (χ0v) is 13.5. The third kappa shape index (κ3) is 3.03. The molecule has 0 spiro atoms. The fraction of sp³-hybridized carbons (Fsp3) is 0.105. The second-order valence-electron chi connectivity index (χ2n) is 5.19. The molecule has 0 atom stereocenters. The van der Waals surface area contributed by atoms with E-state index in [4.69, 9.17) is 9.47 Å². The van der Waals surface area contributed by atoms with Crippen molar-refractivity contribution in [1.29, 1.82) is 0 Å². The summed E-state index contributed by atoms with van der Waals surface area (Å²) in [6.45, 7) is 0. The molecule has 0 radical (unpaired) electrons. The number of methoxy groups -OCH3 is 2. The summed E-state index contributed by atoms with van der Waals surface area (Å²) in [5, 5.41) is -0.445. The first-order chi connectivity index (χ1) is 12.1. The molecule has 1 aromatic heterocycles. The van der Waals surface area contributed by atoms with Crippen molar-refractivity contribution in [2.45, 2.75) is 0 Å². The van der Waals surface area contributed by atoms with Gasteiger partial charge in [-0.1, -0.05) is 36.4 Å². The zero-order chi connectivity index (χ0) is 18.0. The van der Waals surface area contributed by atoms with Crippen molar-refractivity contribution in [2.75, 3.05) is 14.2 Å². The summed E-state index contributed by atoms with van der Waals surface area (Å²) in [4.78, 5) is 3.60. The minimum atomic E-state index is -1.38. The van der Waals surface area contributed by atoms with Gasteiger partial charge in [-0.2, -0.15) is 4.39 Å². The van der Waals surface area contributed by atoms with Gasteiger partial charge in [0.1, 0.15) is 0 Å². The number of hydrogen-bond donors (Lipinski definition) is 0. The predicted octanol–water partition coefficient (Wildman–Crippen LogP) is 4.84. The lowest BCUT2D eigenvalue weighted by atomic mass is 10.1. The van der Waals surface area contributed by atoms with Crippen molar-refractivity contribution >= 4 is 22.9 Å². The van der Waals surface area contributed by atoms with Crippen LogP contribution in [0.25, 0.3) is 22.9 Å². The van der Waals surface area contributed by atoms with E-state index in [0.717, 1.165) is 5.56 Å². The van der Waals surface area contributed by atoms with Crippen LogP contribution in [0.3, 0.4) is 0 Å². The van der Waals surface area contributed by atoms with Crippen LogP contribution in [0.2, 0.25) is 0 Å². The van der Waals surface area contributed by atoms with Crippen LogP contribution in [-0.4, -0.2) is 19.2 Å². The molecule has 0 unspecified atom stereocenters. The van der Waals surface area contributed by atoms with E-state index in [2.05, 4.69) is 4.98 Å². The first-order valence-corrected chi connectivity index (χ1v) is 7.39. The van der Waals surface area contributed by atoms with Gasteiger partial charge in [0.25, 0.3) is 0 Å². The van der Waals surface area contributed by atoms with Gasteiger partial charge in [-0.3, -0.25) is 0 Å².